The molecule has 0 saturated carbocycles. The van der Waals surface area contributed by atoms with E-state index in [1.165, 1.54) is 12.3 Å². The number of para-hydroxylation sites is 1. The highest BCUT2D eigenvalue weighted by Gasteiger charge is 2.06. The third-order valence-electron chi connectivity index (χ3n) is 2.57. The highest BCUT2D eigenvalue weighted by atomic mass is 19.1. The molecule has 0 aliphatic rings. The van der Waals surface area contributed by atoms with Crippen molar-refractivity contribution in [3.63, 3.8) is 0 Å². The number of hydrogen-bond acceptors (Lipinski definition) is 1. The number of nitrogens with zero attached hydrogens (tertiary/aromatic N) is 2. The van der Waals surface area contributed by atoms with Crippen LogP contribution < -0.4 is 0 Å². The average Bonchev–Trinajstić information content (AvgIpc) is 2.75. The predicted octanol–water partition coefficient (Wildman–Crippen LogP) is 3.16. The smallest absolute Gasteiger partial charge is 0.147 e. The molecule has 0 aliphatic carbocycles. The van der Waals surface area contributed by atoms with Crippen molar-refractivity contribution in [2.24, 2.45) is 0 Å². The Bertz CT molecular complexity index is 629. The molecule has 0 bridgehead atoms. The summed E-state index contributed by atoms with van der Waals surface area (Å²) in [6.45, 7) is 0. The zero-order valence-electron chi connectivity index (χ0n) is 8.47. The van der Waals surface area contributed by atoms with Crippen molar-refractivity contribution in [3.05, 3.63) is 60.7 Å². The van der Waals surface area contributed by atoms with Gasteiger partial charge in [0, 0.05) is 18.1 Å². The van der Waals surface area contributed by atoms with Crippen LogP contribution in [0.1, 0.15) is 0 Å². The minimum atomic E-state index is -0.236. The van der Waals surface area contributed by atoms with E-state index in [-0.39, 0.29) is 5.82 Å². The van der Waals surface area contributed by atoms with Crippen molar-refractivity contribution in [3.8, 4) is 5.69 Å². The first-order valence-corrected chi connectivity index (χ1v) is 5.03. The Kier molecular flexibility index (Phi) is 1.96. The van der Waals surface area contributed by atoms with E-state index in [2.05, 4.69) is 4.98 Å². The lowest BCUT2D eigenvalue weighted by atomic mass is 10.3. The molecule has 0 aliphatic heterocycles. The summed E-state index contributed by atoms with van der Waals surface area (Å²) in [5.74, 6) is -0.236. The van der Waals surface area contributed by atoms with Gasteiger partial charge >= 0.3 is 0 Å². The minimum absolute atomic E-state index is 0.236. The molecule has 0 N–H and O–H groups in total. The Morgan fingerprint density at radius 2 is 1.81 bits per heavy atom. The Morgan fingerprint density at radius 3 is 2.62 bits per heavy atom. The van der Waals surface area contributed by atoms with Gasteiger partial charge in [0.2, 0.25) is 0 Å². The molecule has 3 heteroatoms. The first-order valence-electron chi connectivity index (χ1n) is 5.03. The van der Waals surface area contributed by atoms with Crippen LogP contribution in [-0.4, -0.2) is 9.55 Å². The summed E-state index contributed by atoms with van der Waals surface area (Å²) in [7, 11) is 0. The molecule has 0 radical (unpaired) electrons. The van der Waals surface area contributed by atoms with E-state index >= 15 is 0 Å². The minimum Gasteiger partial charge on any atom is -0.301 e. The molecule has 0 spiro atoms. The lowest BCUT2D eigenvalue weighted by Gasteiger charge is -2.03. The fourth-order valence-corrected chi connectivity index (χ4v) is 1.80. The lowest BCUT2D eigenvalue weighted by Crippen LogP contribution is -1.93. The molecule has 2 heterocycles. The van der Waals surface area contributed by atoms with E-state index in [9.17, 15) is 4.39 Å². The Balaban J connectivity index is 2.30. The summed E-state index contributed by atoms with van der Waals surface area (Å²) >= 11 is 0. The van der Waals surface area contributed by atoms with Crippen LogP contribution in [0.15, 0.2) is 54.9 Å². The molecule has 0 atom stereocenters. The monoisotopic (exact) mass is 212 g/mol. The molecule has 2 nitrogen and oxygen atoms in total. The number of fused-ring (bicyclic) bond motifs is 1. The lowest BCUT2D eigenvalue weighted by molar-refractivity contribution is 0.638. The number of halogens is 1. The third kappa shape index (κ3) is 1.29. The number of pyridine rings is 1. The Morgan fingerprint density at radius 1 is 1.00 bits per heavy atom. The summed E-state index contributed by atoms with van der Waals surface area (Å²) in [6.07, 6.45) is 3.31. The van der Waals surface area contributed by atoms with Gasteiger partial charge in [0.1, 0.15) is 11.5 Å². The van der Waals surface area contributed by atoms with E-state index in [4.69, 9.17) is 0 Å². The second-order valence-corrected chi connectivity index (χ2v) is 3.55. The number of benzene rings is 1. The molecule has 3 rings (SSSR count). The van der Waals surface area contributed by atoms with Gasteiger partial charge in [0.15, 0.2) is 0 Å². The van der Waals surface area contributed by atoms with E-state index in [1.807, 2.05) is 41.1 Å². The van der Waals surface area contributed by atoms with Crippen molar-refractivity contribution in [2.75, 3.05) is 0 Å². The van der Waals surface area contributed by atoms with E-state index < -0.39 is 0 Å². The highest BCUT2D eigenvalue weighted by Crippen LogP contribution is 2.20. The molecule has 0 saturated heterocycles. The van der Waals surface area contributed by atoms with E-state index in [0.717, 1.165) is 5.69 Å². The SMILES string of the molecule is Fc1ccnc2c1ccn2-c1ccccc1. The molecule has 3 aromatic rings. The fraction of sp³-hybridized carbons (Fsp3) is 0. The number of aromatic nitrogens is 2. The van der Waals surface area contributed by atoms with Crippen LogP contribution in [0, 0.1) is 5.82 Å². The van der Waals surface area contributed by atoms with Crippen LogP contribution in [-0.2, 0) is 0 Å². The molecule has 0 fully saturated rings. The molecule has 0 amide bonds. The summed E-state index contributed by atoms with van der Waals surface area (Å²) in [6, 6.07) is 12.9. The van der Waals surface area contributed by atoms with E-state index in [0.29, 0.717) is 11.0 Å². The summed E-state index contributed by atoms with van der Waals surface area (Å²) in [4.78, 5) is 4.20. The largest absolute Gasteiger partial charge is 0.301 e. The van der Waals surface area contributed by atoms with Gasteiger partial charge in [-0.1, -0.05) is 18.2 Å². The van der Waals surface area contributed by atoms with Crippen LogP contribution >= 0.6 is 0 Å². The highest BCUT2D eigenvalue weighted by molar-refractivity contribution is 5.78. The molecular weight excluding hydrogens is 203 g/mol. The van der Waals surface area contributed by atoms with Gasteiger partial charge in [0.05, 0.1) is 5.39 Å². The normalized spacial score (nSPS) is 10.8. The second-order valence-electron chi connectivity index (χ2n) is 3.55. The van der Waals surface area contributed by atoms with Gasteiger partial charge in [-0.05, 0) is 24.3 Å². The number of rotatable bonds is 1. The molecular formula is C13H9FN2. The van der Waals surface area contributed by atoms with Gasteiger partial charge in [-0.15, -0.1) is 0 Å². The van der Waals surface area contributed by atoms with Crippen LogP contribution in [0.3, 0.4) is 0 Å². The van der Waals surface area contributed by atoms with Crippen molar-refractivity contribution >= 4 is 11.0 Å². The van der Waals surface area contributed by atoms with Gasteiger partial charge in [-0.2, -0.15) is 0 Å². The quantitative estimate of drug-likeness (QED) is 0.605. The van der Waals surface area contributed by atoms with Gasteiger partial charge in [-0.3, -0.25) is 0 Å². The van der Waals surface area contributed by atoms with Gasteiger partial charge in [0.25, 0.3) is 0 Å². The predicted molar refractivity (Wildman–Crippen MR) is 61.0 cm³/mol. The van der Waals surface area contributed by atoms with Crippen molar-refractivity contribution < 1.29 is 4.39 Å². The first kappa shape index (κ1) is 9.09. The van der Waals surface area contributed by atoms with Gasteiger partial charge in [-0.25, -0.2) is 9.37 Å². The molecule has 2 aromatic heterocycles. The van der Waals surface area contributed by atoms with E-state index in [1.54, 1.807) is 6.07 Å². The van der Waals surface area contributed by atoms with Crippen LogP contribution in [0.4, 0.5) is 4.39 Å². The molecule has 1 aromatic carbocycles. The maximum Gasteiger partial charge on any atom is 0.147 e. The molecule has 78 valence electrons. The molecule has 0 unspecified atom stereocenters. The Hall–Kier alpha value is -2.16. The summed E-state index contributed by atoms with van der Waals surface area (Å²) in [5, 5.41) is 0.548. The topological polar surface area (TPSA) is 17.8 Å². The van der Waals surface area contributed by atoms with Crippen molar-refractivity contribution in [1.29, 1.82) is 0 Å². The fourth-order valence-electron chi connectivity index (χ4n) is 1.80. The summed E-state index contributed by atoms with van der Waals surface area (Å²) in [5.41, 5.74) is 1.63. The molecule has 16 heavy (non-hydrogen) atoms. The average molecular weight is 212 g/mol. The Labute approximate surface area is 92.0 Å². The standard InChI is InChI=1S/C13H9FN2/c14-12-6-8-15-13-11(12)7-9-16(13)10-4-2-1-3-5-10/h1-9H. The van der Waals surface area contributed by atoms with Crippen molar-refractivity contribution in [1.82, 2.24) is 9.55 Å². The zero-order valence-corrected chi connectivity index (χ0v) is 8.47. The maximum atomic E-state index is 13.5. The van der Waals surface area contributed by atoms with Crippen LogP contribution in [0.25, 0.3) is 16.7 Å². The maximum absolute atomic E-state index is 13.5. The summed E-state index contributed by atoms with van der Waals surface area (Å²) < 4.78 is 15.3. The van der Waals surface area contributed by atoms with Gasteiger partial charge < -0.3 is 4.57 Å². The van der Waals surface area contributed by atoms with Crippen LogP contribution in [0.2, 0.25) is 0 Å². The number of hydrogen-bond donors (Lipinski definition) is 0. The zero-order chi connectivity index (χ0) is 11.0. The first-order chi connectivity index (χ1) is 7.86. The second kappa shape index (κ2) is 3.45. The van der Waals surface area contributed by atoms with Crippen molar-refractivity contribution in [2.45, 2.75) is 0 Å². The van der Waals surface area contributed by atoms with Crippen LogP contribution in [0.5, 0.6) is 0 Å². The third-order valence-corrected chi connectivity index (χ3v) is 2.57.